The van der Waals surface area contributed by atoms with Crippen LogP contribution >= 0.6 is 0 Å². The quantitative estimate of drug-likeness (QED) is 0.265. The van der Waals surface area contributed by atoms with Crippen LogP contribution < -0.4 is 4.74 Å². The average molecular weight is 576 g/mol. The Morgan fingerprint density at radius 2 is 1.58 bits per heavy atom. The molecule has 2 amide bonds. The number of imide groups is 1. The average Bonchev–Trinajstić information content (AvgIpc) is 3.26. The summed E-state index contributed by atoms with van der Waals surface area (Å²) in [5.41, 5.74) is 1.21. The van der Waals surface area contributed by atoms with Crippen LogP contribution in [0, 0.1) is 23.7 Å². The fraction of sp³-hybridized carbons (Fsp3) is 0.257. The number of hydrogen-bond acceptors (Lipinski definition) is 7. The van der Waals surface area contributed by atoms with E-state index in [-0.39, 0.29) is 40.8 Å². The summed E-state index contributed by atoms with van der Waals surface area (Å²) in [6.07, 6.45) is 3.62. The zero-order valence-electron chi connectivity index (χ0n) is 23.3. The highest BCUT2D eigenvalue weighted by molar-refractivity contribution is 6.31. The molecule has 0 radical (unpaired) electrons. The number of ether oxygens (including phenoxy) is 1. The van der Waals surface area contributed by atoms with Crippen molar-refractivity contribution in [1.82, 2.24) is 5.06 Å². The number of carbonyl (C=O) groups is 4. The molecule has 3 aromatic rings. The van der Waals surface area contributed by atoms with Gasteiger partial charge < -0.3 is 9.84 Å². The molecule has 0 spiro atoms. The third-order valence-corrected chi connectivity index (χ3v) is 9.90. The lowest BCUT2D eigenvalue weighted by Crippen LogP contribution is -2.58. The number of rotatable bonds is 4. The summed E-state index contributed by atoms with van der Waals surface area (Å²) in [5, 5.41) is 22.0. The summed E-state index contributed by atoms with van der Waals surface area (Å²) in [6, 6.07) is 23.0. The Bertz CT molecular complexity index is 1740. The first kappa shape index (κ1) is 27.0. The lowest BCUT2D eigenvalue weighted by atomic mass is 9.44. The van der Waals surface area contributed by atoms with Gasteiger partial charge in [0.15, 0.2) is 11.6 Å². The summed E-state index contributed by atoms with van der Waals surface area (Å²) < 4.78 is 5.34. The van der Waals surface area contributed by atoms with Gasteiger partial charge in [0.2, 0.25) is 0 Å². The lowest BCUT2D eigenvalue weighted by molar-refractivity contribution is -0.173. The maximum absolute atomic E-state index is 14.8. The molecule has 2 N–H and O–H groups in total. The van der Waals surface area contributed by atoms with Crippen molar-refractivity contribution in [2.24, 2.45) is 23.7 Å². The van der Waals surface area contributed by atoms with Crippen LogP contribution in [0.15, 0.2) is 96.6 Å². The van der Waals surface area contributed by atoms with E-state index >= 15 is 0 Å². The van der Waals surface area contributed by atoms with Gasteiger partial charge in [-0.25, -0.2) is 0 Å². The Morgan fingerprint density at radius 3 is 2.26 bits per heavy atom. The number of benzene rings is 3. The minimum absolute atomic E-state index is 0.113. The van der Waals surface area contributed by atoms with Crippen LogP contribution in [-0.4, -0.2) is 45.9 Å². The monoisotopic (exact) mass is 575 g/mol. The van der Waals surface area contributed by atoms with Crippen molar-refractivity contribution in [3.8, 4) is 11.5 Å². The number of amides is 2. The largest absolute Gasteiger partial charge is 0.508 e. The first-order chi connectivity index (χ1) is 20.8. The van der Waals surface area contributed by atoms with Crippen molar-refractivity contribution >= 4 is 29.0 Å². The van der Waals surface area contributed by atoms with Crippen LogP contribution in [0.2, 0.25) is 0 Å². The van der Waals surface area contributed by atoms with E-state index in [9.17, 15) is 29.5 Å². The molecule has 216 valence electrons. The number of phenolic OH excluding ortho intramolecular Hbond substituents is 1. The Labute approximate surface area is 247 Å². The van der Waals surface area contributed by atoms with Crippen LogP contribution in [0.5, 0.6) is 11.5 Å². The summed E-state index contributed by atoms with van der Waals surface area (Å²) in [4.78, 5) is 55.7. The van der Waals surface area contributed by atoms with Gasteiger partial charge in [-0.1, -0.05) is 78.4 Å². The van der Waals surface area contributed by atoms with Crippen LogP contribution in [-0.2, 0) is 24.6 Å². The van der Waals surface area contributed by atoms with Gasteiger partial charge in [0, 0.05) is 29.0 Å². The number of nitrogens with zero attached hydrogens (tertiary/aromatic N) is 1. The molecule has 8 heteroatoms. The van der Waals surface area contributed by atoms with E-state index in [0.29, 0.717) is 28.0 Å². The molecule has 3 aromatic carbocycles. The van der Waals surface area contributed by atoms with Crippen molar-refractivity contribution in [3.05, 3.63) is 113 Å². The molecule has 8 nitrogen and oxygen atoms in total. The molecule has 6 atom stereocenters. The molecule has 3 aliphatic carbocycles. The molecule has 43 heavy (non-hydrogen) atoms. The molecule has 1 aliphatic heterocycles. The molecule has 2 fully saturated rings. The maximum atomic E-state index is 14.8. The van der Waals surface area contributed by atoms with Crippen molar-refractivity contribution in [2.75, 3.05) is 7.11 Å². The lowest BCUT2D eigenvalue weighted by Gasteiger charge is -2.55. The van der Waals surface area contributed by atoms with E-state index in [0.717, 1.165) is 0 Å². The number of methoxy groups -OCH3 is 1. The van der Waals surface area contributed by atoms with Gasteiger partial charge in [-0.3, -0.25) is 24.4 Å². The predicted molar refractivity (Wildman–Crippen MR) is 155 cm³/mol. The number of carbonyl (C=O) groups excluding carboxylic acids is 4. The second kappa shape index (κ2) is 9.88. The normalized spacial score (nSPS) is 29.8. The number of allylic oxidation sites excluding steroid dienone is 4. The van der Waals surface area contributed by atoms with Crippen LogP contribution in [0.1, 0.15) is 35.4 Å². The van der Waals surface area contributed by atoms with Gasteiger partial charge in [-0.2, -0.15) is 5.06 Å². The molecular formula is C35H29NO7. The van der Waals surface area contributed by atoms with E-state index < -0.39 is 46.8 Å². The van der Waals surface area contributed by atoms with Gasteiger partial charge in [0.1, 0.15) is 11.5 Å². The van der Waals surface area contributed by atoms with E-state index in [1.165, 1.54) is 19.3 Å². The molecular weight excluding hydrogens is 546 g/mol. The minimum atomic E-state index is -1.44. The van der Waals surface area contributed by atoms with Crippen LogP contribution in [0.4, 0.5) is 0 Å². The van der Waals surface area contributed by atoms with Crippen LogP contribution in [0.3, 0.4) is 0 Å². The Balaban J connectivity index is 1.53. The van der Waals surface area contributed by atoms with Crippen molar-refractivity contribution < 1.29 is 34.2 Å². The van der Waals surface area contributed by atoms with Gasteiger partial charge in [-0.15, -0.1) is 0 Å². The number of ketones is 2. The van der Waals surface area contributed by atoms with Gasteiger partial charge >= 0.3 is 0 Å². The Hall–Kier alpha value is -4.82. The first-order valence-electron chi connectivity index (χ1n) is 14.3. The molecule has 1 saturated heterocycles. The third kappa shape index (κ3) is 3.72. The highest BCUT2D eigenvalue weighted by Crippen LogP contribution is 2.64. The maximum Gasteiger partial charge on any atom is 0.257 e. The summed E-state index contributed by atoms with van der Waals surface area (Å²) in [7, 11) is 1.49. The third-order valence-electron chi connectivity index (χ3n) is 9.90. The predicted octanol–water partition coefficient (Wildman–Crippen LogP) is 4.61. The van der Waals surface area contributed by atoms with Crippen molar-refractivity contribution in [2.45, 2.75) is 24.2 Å². The van der Waals surface area contributed by atoms with E-state index in [2.05, 4.69) is 0 Å². The second-order valence-electron chi connectivity index (χ2n) is 11.7. The van der Waals surface area contributed by atoms with Gasteiger partial charge in [-0.05, 0) is 42.0 Å². The van der Waals surface area contributed by atoms with Gasteiger partial charge in [0.25, 0.3) is 11.8 Å². The summed E-state index contributed by atoms with van der Waals surface area (Å²) >= 11 is 0. The zero-order valence-corrected chi connectivity index (χ0v) is 23.3. The van der Waals surface area contributed by atoms with Gasteiger partial charge in [0.05, 0.1) is 24.4 Å². The van der Waals surface area contributed by atoms with Crippen LogP contribution in [0.25, 0.3) is 5.57 Å². The topological polar surface area (TPSA) is 121 Å². The van der Waals surface area contributed by atoms with E-state index in [4.69, 9.17) is 4.74 Å². The second-order valence-corrected chi connectivity index (χ2v) is 11.7. The molecule has 1 heterocycles. The SMILES string of the molecule is COc1ccc(C2C3=CCC4C(=O)N(O)C(=O)C4C3CC3C(=O)C(c4ccccc4)=CC(=O)C32c2ccccc2)c(O)c1. The number of Topliss-reactive ketones (excluding diaryl/α,β-unsaturated/α-hetero) is 1. The van der Waals surface area contributed by atoms with Crippen molar-refractivity contribution in [3.63, 3.8) is 0 Å². The Morgan fingerprint density at radius 1 is 0.884 bits per heavy atom. The summed E-state index contributed by atoms with van der Waals surface area (Å²) in [5.74, 6) is -5.62. The number of fused-ring (bicyclic) bond motifs is 4. The molecule has 0 bridgehead atoms. The Kier molecular flexibility index (Phi) is 6.21. The molecule has 6 unspecified atom stereocenters. The molecule has 4 aliphatic rings. The number of hydroxylamine groups is 2. The van der Waals surface area contributed by atoms with Crippen molar-refractivity contribution in [1.29, 1.82) is 0 Å². The fourth-order valence-corrected chi connectivity index (χ4v) is 8.10. The number of phenols is 1. The highest BCUT2D eigenvalue weighted by atomic mass is 16.5. The number of hydrogen-bond donors (Lipinski definition) is 2. The first-order valence-corrected chi connectivity index (χ1v) is 14.3. The molecule has 7 rings (SSSR count). The smallest absolute Gasteiger partial charge is 0.257 e. The molecule has 0 aromatic heterocycles. The number of aromatic hydroxyl groups is 1. The standard InChI is InChI=1S/C35H29NO7/c1-43-21-12-13-23(28(37)16-21)31-22-14-15-24-30(34(41)36(42)33(24)40)26(22)17-27-32(39)25(19-8-4-2-5-9-19)18-29(38)35(27,31)20-10-6-3-7-11-20/h2-14,16,18,24,26-27,30-31,37,42H,15,17H2,1H3. The summed E-state index contributed by atoms with van der Waals surface area (Å²) in [6.45, 7) is 0. The zero-order chi connectivity index (χ0) is 30.0. The van der Waals surface area contributed by atoms with E-state index in [1.54, 1.807) is 36.4 Å². The minimum Gasteiger partial charge on any atom is -0.508 e. The van der Waals surface area contributed by atoms with E-state index in [1.807, 2.05) is 42.5 Å². The highest BCUT2D eigenvalue weighted by Gasteiger charge is 2.66. The molecule has 1 saturated carbocycles. The fourth-order valence-electron chi connectivity index (χ4n) is 8.10.